The van der Waals surface area contributed by atoms with E-state index in [4.69, 9.17) is 0 Å². The van der Waals surface area contributed by atoms with Gasteiger partial charge in [-0.3, -0.25) is 0 Å². The van der Waals surface area contributed by atoms with E-state index in [0.29, 0.717) is 0 Å². The van der Waals surface area contributed by atoms with Gasteiger partial charge in [0.25, 0.3) is 0 Å². The molecule has 0 spiro atoms. The van der Waals surface area contributed by atoms with Crippen LogP contribution in [0, 0.1) is 0 Å². The van der Waals surface area contributed by atoms with Gasteiger partial charge in [0, 0.05) is 16.9 Å². The summed E-state index contributed by atoms with van der Waals surface area (Å²) in [5.74, 6) is 0. The van der Waals surface area contributed by atoms with E-state index in [2.05, 4.69) is 266 Å². The lowest BCUT2D eigenvalue weighted by Crippen LogP contribution is -2.12. The van der Waals surface area contributed by atoms with Crippen molar-refractivity contribution in [1.29, 1.82) is 0 Å². The van der Waals surface area contributed by atoms with E-state index in [9.17, 15) is 0 Å². The molecule has 0 atom stereocenters. The van der Waals surface area contributed by atoms with Crippen molar-refractivity contribution in [1.82, 2.24) is 0 Å². The predicted molar refractivity (Wildman–Crippen MR) is 269 cm³/mol. The van der Waals surface area contributed by atoms with Crippen LogP contribution in [-0.4, -0.2) is 0 Å². The van der Waals surface area contributed by atoms with E-state index in [1.54, 1.807) is 0 Å². The lowest BCUT2D eigenvalue weighted by molar-refractivity contribution is 1.28. The van der Waals surface area contributed by atoms with Crippen LogP contribution in [0.4, 0.5) is 17.1 Å². The first-order valence-electron chi connectivity index (χ1n) is 21.7. The van der Waals surface area contributed by atoms with Crippen LogP contribution in [0.3, 0.4) is 0 Å². The minimum Gasteiger partial charge on any atom is -0.310 e. The van der Waals surface area contributed by atoms with E-state index in [1.807, 2.05) is 0 Å². The van der Waals surface area contributed by atoms with Crippen molar-refractivity contribution in [2.75, 3.05) is 4.90 Å². The summed E-state index contributed by atoms with van der Waals surface area (Å²) >= 11 is 0. The highest BCUT2D eigenvalue weighted by Gasteiger charge is 2.23. The van der Waals surface area contributed by atoms with Crippen LogP contribution >= 0.6 is 0 Å². The van der Waals surface area contributed by atoms with Gasteiger partial charge in [-0.2, -0.15) is 0 Å². The second-order valence-electron chi connectivity index (χ2n) is 16.1. The Kier molecular flexibility index (Phi) is 9.97. The van der Waals surface area contributed by atoms with E-state index in [-0.39, 0.29) is 0 Å². The number of nitrogens with zero attached hydrogens (tertiary/aromatic N) is 1. The maximum atomic E-state index is 2.43. The molecule has 0 saturated heterocycles. The summed E-state index contributed by atoms with van der Waals surface area (Å²) in [6.07, 6.45) is 0. The normalized spacial score (nSPS) is 11.2. The fourth-order valence-electron chi connectivity index (χ4n) is 9.15. The molecule has 1 heteroatoms. The SMILES string of the molecule is c1ccc(-c2ccc(-c3ccc(N(c4ccc(-c5ccc6c(ccc7ccccc76)c5)cc4)c4cccc(-c5ccccc5)c4-c4ccccc4-c4ccccc4)cc3)cc2)cc1. The molecule has 0 aliphatic carbocycles. The molecule has 11 aromatic rings. The van der Waals surface area contributed by atoms with Crippen LogP contribution in [0.1, 0.15) is 0 Å². The molecule has 0 N–H and O–H groups in total. The predicted octanol–water partition coefficient (Wildman–Crippen LogP) is 17.5. The van der Waals surface area contributed by atoms with Gasteiger partial charge in [0.05, 0.1) is 5.69 Å². The molecule has 0 aliphatic heterocycles. The maximum absolute atomic E-state index is 2.43. The monoisotopic (exact) mass is 801 g/mol. The molecule has 11 rings (SSSR count). The van der Waals surface area contributed by atoms with Crippen LogP contribution in [0.2, 0.25) is 0 Å². The zero-order valence-corrected chi connectivity index (χ0v) is 34.8. The van der Waals surface area contributed by atoms with Gasteiger partial charge < -0.3 is 4.90 Å². The van der Waals surface area contributed by atoms with Crippen molar-refractivity contribution < 1.29 is 0 Å². The van der Waals surface area contributed by atoms with Gasteiger partial charge in [-0.25, -0.2) is 0 Å². The summed E-state index contributed by atoms with van der Waals surface area (Å²) < 4.78 is 0. The topological polar surface area (TPSA) is 3.24 Å². The Morgan fingerprint density at radius 3 is 1.25 bits per heavy atom. The average molecular weight is 802 g/mol. The molecule has 0 aromatic heterocycles. The minimum absolute atomic E-state index is 1.08. The fraction of sp³-hybridized carbons (Fsp3) is 0. The zero-order chi connectivity index (χ0) is 42.0. The zero-order valence-electron chi connectivity index (χ0n) is 34.8. The first-order valence-corrected chi connectivity index (χ1v) is 21.7. The van der Waals surface area contributed by atoms with Crippen LogP contribution in [0.5, 0.6) is 0 Å². The van der Waals surface area contributed by atoms with Crippen LogP contribution in [0.25, 0.3) is 88.3 Å². The second-order valence-corrected chi connectivity index (χ2v) is 16.1. The molecule has 63 heavy (non-hydrogen) atoms. The molecule has 296 valence electrons. The Hall–Kier alpha value is -8.26. The highest BCUT2D eigenvalue weighted by Crippen LogP contribution is 2.48. The molecule has 0 fully saturated rings. The quantitative estimate of drug-likeness (QED) is 0.131. The molecular weight excluding hydrogens is 759 g/mol. The maximum Gasteiger partial charge on any atom is 0.0546 e. The van der Waals surface area contributed by atoms with Crippen LogP contribution in [0.15, 0.2) is 261 Å². The highest BCUT2D eigenvalue weighted by molar-refractivity contribution is 6.08. The standard InChI is InChI=1S/C62H43N/c1-4-15-44(16-5-1)45-27-29-46(30-28-45)47-33-38-54(39-34-47)63(55-40-35-48(36-41-55)52-37-42-58-53(43-52)32-31-51-21-10-11-22-56(51)58)61-26-14-25-59(50-19-8-3-9-20-50)62(61)60-24-13-12-23-57(60)49-17-6-2-7-18-49/h1-43H. The Balaban J connectivity index is 1.06. The third-order valence-electron chi connectivity index (χ3n) is 12.3. The number of hydrogen-bond donors (Lipinski definition) is 0. The average Bonchev–Trinajstić information content (AvgIpc) is 3.37. The van der Waals surface area contributed by atoms with Crippen molar-refractivity contribution >= 4 is 38.6 Å². The highest BCUT2D eigenvalue weighted by atomic mass is 15.1. The molecule has 1 nitrogen and oxygen atoms in total. The molecule has 0 radical (unpaired) electrons. The summed E-state index contributed by atoms with van der Waals surface area (Å²) in [6, 6.07) is 94.7. The summed E-state index contributed by atoms with van der Waals surface area (Å²) in [6.45, 7) is 0. The summed E-state index contributed by atoms with van der Waals surface area (Å²) in [4.78, 5) is 2.43. The fourth-order valence-corrected chi connectivity index (χ4v) is 9.15. The van der Waals surface area contributed by atoms with E-state index in [0.717, 1.165) is 17.1 Å². The van der Waals surface area contributed by atoms with Crippen LogP contribution in [-0.2, 0) is 0 Å². The largest absolute Gasteiger partial charge is 0.310 e. The van der Waals surface area contributed by atoms with Gasteiger partial charge in [0.2, 0.25) is 0 Å². The number of anilines is 3. The molecule has 0 amide bonds. The van der Waals surface area contributed by atoms with Crippen molar-refractivity contribution in [3.05, 3.63) is 261 Å². The molecule has 0 heterocycles. The minimum atomic E-state index is 1.08. The second kappa shape index (κ2) is 16.7. The summed E-state index contributed by atoms with van der Waals surface area (Å²) in [7, 11) is 0. The number of hydrogen-bond acceptors (Lipinski definition) is 1. The Bertz CT molecular complexity index is 3340. The number of fused-ring (bicyclic) bond motifs is 3. The van der Waals surface area contributed by atoms with Gasteiger partial charge in [0.15, 0.2) is 0 Å². The smallest absolute Gasteiger partial charge is 0.0546 e. The lowest BCUT2D eigenvalue weighted by Gasteiger charge is -2.30. The first kappa shape index (κ1) is 37.7. The van der Waals surface area contributed by atoms with E-state index >= 15 is 0 Å². The molecule has 0 unspecified atom stereocenters. The Morgan fingerprint density at radius 2 is 0.635 bits per heavy atom. The summed E-state index contributed by atoms with van der Waals surface area (Å²) in [5, 5.41) is 5.06. The first-order chi connectivity index (χ1) is 31.2. The molecular formula is C62H43N. The Labute approximate surface area is 369 Å². The van der Waals surface area contributed by atoms with E-state index in [1.165, 1.54) is 88.3 Å². The lowest BCUT2D eigenvalue weighted by atomic mass is 9.87. The number of rotatable bonds is 9. The van der Waals surface area contributed by atoms with Gasteiger partial charge in [-0.15, -0.1) is 0 Å². The molecule has 0 saturated carbocycles. The van der Waals surface area contributed by atoms with Crippen LogP contribution < -0.4 is 4.90 Å². The number of benzene rings is 11. The van der Waals surface area contributed by atoms with Gasteiger partial charge in [0.1, 0.15) is 0 Å². The van der Waals surface area contributed by atoms with E-state index < -0.39 is 0 Å². The Morgan fingerprint density at radius 1 is 0.222 bits per heavy atom. The van der Waals surface area contributed by atoms with Gasteiger partial charge in [-0.1, -0.05) is 224 Å². The third-order valence-corrected chi connectivity index (χ3v) is 12.3. The van der Waals surface area contributed by atoms with Gasteiger partial charge in [-0.05, 0) is 119 Å². The third kappa shape index (κ3) is 7.37. The summed E-state index contributed by atoms with van der Waals surface area (Å²) in [5.41, 5.74) is 17.5. The molecule has 0 bridgehead atoms. The van der Waals surface area contributed by atoms with Crippen molar-refractivity contribution in [2.24, 2.45) is 0 Å². The molecule has 11 aromatic carbocycles. The van der Waals surface area contributed by atoms with Crippen molar-refractivity contribution in [3.8, 4) is 66.8 Å². The van der Waals surface area contributed by atoms with Gasteiger partial charge >= 0.3 is 0 Å². The van der Waals surface area contributed by atoms with Crippen molar-refractivity contribution in [2.45, 2.75) is 0 Å². The van der Waals surface area contributed by atoms with Crippen molar-refractivity contribution in [3.63, 3.8) is 0 Å². The molecule has 0 aliphatic rings.